The van der Waals surface area contributed by atoms with E-state index in [4.69, 9.17) is 5.73 Å². The molecule has 0 bridgehead atoms. The van der Waals surface area contributed by atoms with E-state index in [1.165, 1.54) is 5.69 Å². The molecule has 0 saturated carbocycles. The second kappa shape index (κ2) is 5.54. The topological polar surface area (TPSA) is 42.1 Å². The summed E-state index contributed by atoms with van der Waals surface area (Å²) in [7, 11) is 2.09. The Morgan fingerprint density at radius 3 is 2.62 bits per heavy atom. The molecule has 0 aliphatic rings. The first-order valence-corrected chi connectivity index (χ1v) is 4.66. The van der Waals surface area contributed by atoms with Gasteiger partial charge < -0.3 is 10.6 Å². The molecule has 1 rings (SSSR count). The number of hydrogen-bond acceptors (Lipinski definition) is 3. The zero-order valence-corrected chi connectivity index (χ0v) is 8.11. The van der Waals surface area contributed by atoms with E-state index >= 15 is 0 Å². The van der Waals surface area contributed by atoms with Crippen LogP contribution in [-0.4, -0.2) is 25.1 Å². The van der Waals surface area contributed by atoms with Crippen LogP contribution in [0.25, 0.3) is 0 Å². The van der Waals surface area contributed by atoms with Gasteiger partial charge in [0.05, 0.1) is 0 Å². The van der Waals surface area contributed by atoms with Crippen molar-refractivity contribution in [2.75, 3.05) is 25.0 Å². The fourth-order valence-corrected chi connectivity index (χ4v) is 1.22. The Hall–Kier alpha value is -1.09. The molecule has 0 atom stereocenters. The lowest BCUT2D eigenvalue weighted by Gasteiger charge is -2.18. The number of unbranched alkanes of at least 4 members (excludes halogenated alkanes) is 1. The molecule has 3 heteroatoms. The molecule has 0 saturated heterocycles. The summed E-state index contributed by atoms with van der Waals surface area (Å²) in [6, 6.07) is 4.03. The maximum Gasteiger partial charge on any atom is 0.0394 e. The summed E-state index contributed by atoms with van der Waals surface area (Å²) >= 11 is 0. The van der Waals surface area contributed by atoms with Crippen molar-refractivity contribution in [3.63, 3.8) is 0 Å². The predicted octanol–water partition coefficient (Wildman–Crippen LogP) is 1.26. The van der Waals surface area contributed by atoms with Crippen molar-refractivity contribution in [1.82, 2.24) is 4.98 Å². The van der Waals surface area contributed by atoms with Crippen molar-refractivity contribution in [2.24, 2.45) is 5.73 Å². The fraction of sp³-hybridized carbons (Fsp3) is 0.500. The third-order valence-corrected chi connectivity index (χ3v) is 2.05. The monoisotopic (exact) mass is 179 g/mol. The lowest BCUT2D eigenvalue weighted by Crippen LogP contribution is -2.19. The first-order chi connectivity index (χ1) is 6.34. The van der Waals surface area contributed by atoms with E-state index < -0.39 is 0 Å². The molecule has 0 aliphatic carbocycles. The van der Waals surface area contributed by atoms with Gasteiger partial charge in [-0.25, -0.2) is 0 Å². The largest absolute Gasteiger partial charge is 0.375 e. The number of hydrogen-bond donors (Lipinski definition) is 1. The molecular weight excluding hydrogens is 162 g/mol. The van der Waals surface area contributed by atoms with E-state index in [1.807, 2.05) is 24.5 Å². The lowest BCUT2D eigenvalue weighted by atomic mass is 10.3. The maximum absolute atomic E-state index is 5.42. The van der Waals surface area contributed by atoms with Crippen LogP contribution in [-0.2, 0) is 0 Å². The number of aromatic nitrogens is 1. The maximum atomic E-state index is 5.42. The van der Waals surface area contributed by atoms with Crippen LogP contribution >= 0.6 is 0 Å². The van der Waals surface area contributed by atoms with Gasteiger partial charge in [-0.05, 0) is 31.5 Å². The molecule has 0 spiro atoms. The van der Waals surface area contributed by atoms with E-state index in [0.29, 0.717) is 0 Å². The summed E-state index contributed by atoms with van der Waals surface area (Å²) in [5.41, 5.74) is 6.64. The summed E-state index contributed by atoms with van der Waals surface area (Å²) in [5, 5.41) is 0. The normalized spacial score (nSPS) is 10.0. The van der Waals surface area contributed by atoms with Crippen molar-refractivity contribution >= 4 is 5.69 Å². The van der Waals surface area contributed by atoms with Gasteiger partial charge >= 0.3 is 0 Å². The van der Waals surface area contributed by atoms with Crippen LogP contribution < -0.4 is 10.6 Å². The molecule has 2 N–H and O–H groups in total. The van der Waals surface area contributed by atoms with Crippen molar-refractivity contribution in [1.29, 1.82) is 0 Å². The van der Waals surface area contributed by atoms with Gasteiger partial charge in [0.25, 0.3) is 0 Å². The smallest absolute Gasteiger partial charge is 0.0394 e. The molecule has 1 heterocycles. The van der Waals surface area contributed by atoms with E-state index in [2.05, 4.69) is 16.9 Å². The number of pyridine rings is 1. The lowest BCUT2D eigenvalue weighted by molar-refractivity contribution is 0.728. The Balaban J connectivity index is 2.35. The first-order valence-electron chi connectivity index (χ1n) is 4.66. The van der Waals surface area contributed by atoms with Crippen LogP contribution in [0.5, 0.6) is 0 Å². The summed E-state index contributed by atoms with van der Waals surface area (Å²) in [6.45, 7) is 1.84. The number of nitrogens with zero attached hydrogens (tertiary/aromatic N) is 2. The van der Waals surface area contributed by atoms with Crippen molar-refractivity contribution < 1.29 is 0 Å². The molecule has 3 nitrogen and oxygen atoms in total. The second-order valence-corrected chi connectivity index (χ2v) is 3.12. The highest BCUT2D eigenvalue weighted by atomic mass is 15.1. The zero-order chi connectivity index (χ0) is 9.52. The van der Waals surface area contributed by atoms with Crippen LogP contribution in [0.1, 0.15) is 12.8 Å². The van der Waals surface area contributed by atoms with Crippen molar-refractivity contribution in [3.05, 3.63) is 24.5 Å². The third kappa shape index (κ3) is 3.42. The highest BCUT2D eigenvalue weighted by Crippen LogP contribution is 2.09. The second-order valence-electron chi connectivity index (χ2n) is 3.12. The summed E-state index contributed by atoms with van der Waals surface area (Å²) in [4.78, 5) is 6.20. The SMILES string of the molecule is CN(CCCCN)c1ccncc1. The molecule has 13 heavy (non-hydrogen) atoms. The fourth-order valence-electron chi connectivity index (χ4n) is 1.22. The highest BCUT2D eigenvalue weighted by molar-refractivity contribution is 5.43. The van der Waals surface area contributed by atoms with Crippen LogP contribution in [0, 0.1) is 0 Å². The summed E-state index contributed by atoms with van der Waals surface area (Å²) in [5.74, 6) is 0. The van der Waals surface area contributed by atoms with Gasteiger partial charge in [0, 0.05) is 31.7 Å². The van der Waals surface area contributed by atoms with E-state index in [0.717, 1.165) is 25.9 Å². The third-order valence-electron chi connectivity index (χ3n) is 2.05. The average Bonchev–Trinajstić information content (AvgIpc) is 2.19. The Bertz CT molecular complexity index is 223. The van der Waals surface area contributed by atoms with E-state index in [-0.39, 0.29) is 0 Å². The van der Waals surface area contributed by atoms with E-state index in [1.54, 1.807) is 0 Å². The molecule has 0 radical (unpaired) electrons. The van der Waals surface area contributed by atoms with Crippen LogP contribution in [0.3, 0.4) is 0 Å². The minimum Gasteiger partial charge on any atom is -0.375 e. The zero-order valence-electron chi connectivity index (χ0n) is 8.11. The van der Waals surface area contributed by atoms with Crippen LogP contribution in [0.2, 0.25) is 0 Å². The quantitative estimate of drug-likeness (QED) is 0.692. The molecule has 0 aromatic carbocycles. The van der Waals surface area contributed by atoms with Crippen LogP contribution in [0.15, 0.2) is 24.5 Å². The van der Waals surface area contributed by atoms with Gasteiger partial charge in [0.15, 0.2) is 0 Å². The number of rotatable bonds is 5. The standard InChI is InChI=1S/C10H17N3/c1-13(9-3-2-6-11)10-4-7-12-8-5-10/h4-5,7-8H,2-3,6,9,11H2,1H3. The molecule has 1 aromatic rings. The molecule has 0 fully saturated rings. The van der Waals surface area contributed by atoms with Gasteiger partial charge in [-0.1, -0.05) is 0 Å². The Kier molecular flexibility index (Phi) is 4.26. The predicted molar refractivity (Wildman–Crippen MR) is 55.8 cm³/mol. The Labute approximate surface area is 79.6 Å². The Morgan fingerprint density at radius 1 is 1.31 bits per heavy atom. The first kappa shape index (κ1) is 9.99. The average molecular weight is 179 g/mol. The number of nitrogens with two attached hydrogens (primary N) is 1. The molecule has 0 unspecified atom stereocenters. The molecule has 1 aromatic heterocycles. The van der Waals surface area contributed by atoms with E-state index in [9.17, 15) is 0 Å². The molecule has 0 amide bonds. The van der Waals surface area contributed by atoms with Crippen molar-refractivity contribution in [3.8, 4) is 0 Å². The van der Waals surface area contributed by atoms with Gasteiger partial charge in [0.1, 0.15) is 0 Å². The summed E-state index contributed by atoms with van der Waals surface area (Å²) < 4.78 is 0. The summed E-state index contributed by atoms with van der Waals surface area (Å²) in [6.07, 6.45) is 5.87. The number of anilines is 1. The molecule has 72 valence electrons. The molecule has 0 aliphatic heterocycles. The molecular formula is C10H17N3. The Morgan fingerprint density at radius 2 is 2.00 bits per heavy atom. The van der Waals surface area contributed by atoms with Crippen molar-refractivity contribution in [2.45, 2.75) is 12.8 Å². The van der Waals surface area contributed by atoms with Gasteiger partial charge in [-0.2, -0.15) is 0 Å². The van der Waals surface area contributed by atoms with Gasteiger partial charge in [0.2, 0.25) is 0 Å². The van der Waals surface area contributed by atoms with Gasteiger partial charge in [-0.3, -0.25) is 4.98 Å². The minimum atomic E-state index is 0.782. The highest BCUT2D eigenvalue weighted by Gasteiger charge is 1.97. The minimum absolute atomic E-state index is 0.782. The van der Waals surface area contributed by atoms with Gasteiger partial charge in [-0.15, -0.1) is 0 Å². The van der Waals surface area contributed by atoms with Crippen LogP contribution in [0.4, 0.5) is 5.69 Å².